The average Bonchev–Trinajstić information content (AvgIpc) is 3.17. The molecule has 9 heteroatoms. The van der Waals surface area contributed by atoms with Crippen LogP contribution in [0.3, 0.4) is 0 Å². The van der Waals surface area contributed by atoms with Crippen molar-refractivity contribution in [2.45, 2.75) is 20.3 Å². The number of nitrogens with zero attached hydrogens (tertiary/aromatic N) is 3. The first-order chi connectivity index (χ1) is 18.5. The summed E-state index contributed by atoms with van der Waals surface area (Å²) >= 11 is 0. The fourth-order valence-electron chi connectivity index (χ4n) is 4.06. The lowest BCUT2D eigenvalue weighted by Gasteiger charge is -2.23. The molecule has 0 bridgehead atoms. The Bertz CT molecular complexity index is 1420. The minimum atomic E-state index is -0.604. The van der Waals surface area contributed by atoms with Crippen LogP contribution < -0.4 is 29.2 Å². The zero-order valence-corrected chi connectivity index (χ0v) is 21.4. The number of para-hydroxylation sites is 1. The normalized spacial score (nSPS) is 12.3. The number of anilines is 4. The van der Waals surface area contributed by atoms with Gasteiger partial charge in [-0.1, -0.05) is 18.2 Å². The van der Waals surface area contributed by atoms with Crippen molar-refractivity contribution < 1.29 is 23.7 Å². The van der Waals surface area contributed by atoms with E-state index in [4.69, 9.17) is 18.9 Å². The van der Waals surface area contributed by atoms with Gasteiger partial charge in [-0.25, -0.2) is 14.7 Å². The number of carbonyl (C=O) groups excluding carboxylic acids is 1. The van der Waals surface area contributed by atoms with Gasteiger partial charge in [-0.15, -0.1) is 0 Å². The number of carbonyl (C=O) groups is 1. The van der Waals surface area contributed by atoms with Crippen molar-refractivity contribution >= 4 is 29.2 Å². The van der Waals surface area contributed by atoms with Gasteiger partial charge in [-0.05, 0) is 61.4 Å². The molecule has 9 nitrogen and oxygen atoms in total. The number of nitrogens with one attached hydrogen (secondary N) is 1. The molecule has 3 aromatic carbocycles. The second-order valence-electron chi connectivity index (χ2n) is 8.70. The van der Waals surface area contributed by atoms with Gasteiger partial charge < -0.3 is 24.3 Å². The van der Waals surface area contributed by atoms with Crippen molar-refractivity contribution in [1.29, 1.82) is 0 Å². The number of hydrogen-bond donors (Lipinski definition) is 1. The van der Waals surface area contributed by atoms with E-state index < -0.39 is 6.09 Å². The Balaban J connectivity index is 1.47. The van der Waals surface area contributed by atoms with E-state index >= 15 is 0 Å². The highest BCUT2D eigenvalue weighted by Gasteiger charge is 2.24. The summed E-state index contributed by atoms with van der Waals surface area (Å²) in [5.41, 5.74) is 2.99. The maximum absolute atomic E-state index is 13.6. The molecule has 1 aromatic heterocycles. The summed E-state index contributed by atoms with van der Waals surface area (Å²) in [7, 11) is 1.59. The molecule has 0 radical (unpaired) electrons. The monoisotopic (exact) mass is 512 g/mol. The van der Waals surface area contributed by atoms with Crippen molar-refractivity contribution in [2.24, 2.45) is 0 Å². The summed E-state index contributed by atoms with van der Waals surface area (Å²) in [6, 6.07) is 20.0. The first-order valence-corrected chi connectivity index (χ1v) is 12.2. The second-order valence-corrected chi connectivity index (χ2v) is 8.70. The van der Waals surface area contributed by atoms with Gasteiger partial charge in [0, 0.05) is 30.4 Å². The van der Waals surface area contributed by atoms with Gasteiger partial charge in [0.2, 0.25) is 5.95 Å². The summed E-state index contributed by atoms with van der Waals surface area (Å²) in [5.74, 6) is 3.16. The van der Waals surface area contributed by atoms with Gasteiger partial charge in [-0.3, -0.25) is 0 Å². The fraction of sp³-hybridized carbons (Fsp3) is 0.207. The van der Waals surface area contributed by atoms with Crippen LogP contribution in [0.4, 0.5) is 27.9 Å². The number of rotatable bonds is 6. The summed E-state index contributed by atoms with van der Waals surface area (Å²) in [4.78, 5) is 24.0. The van der Waals surface area contributed by atoms with E-state index in [0.717, 1.165) is 23.2 Å². The lowest BCUT2D eigenvalue weighted by Crippen LogP contribution is -2.30. The highest BCUT2D eigenvalue weighted by molar-refractivity contribution is 5.96. The van der Waals surface area contributed by atoms with Crippen LogP contribution in [0.2, 0.25) is 0 Å². The van der Waals surface area contributed by atoms with E-state index in [1.807, 2.05) is 50.2 Å². The standard InChI is InChI=1S/C29H28N4O5/c1-19-6-4-7-20(2)27(19)38-29(34)33(22-9-11-23(35-3)12-10-22)26-14-15-30-28(32-26)31-21-8-13-24-25(18-21)37-17-5-16-36-24/h4,6-15,18H,5,16-17H2,1-3H3,(H,30,31,32). The van der Waals surface area contributed by atoms with Gasteiger partial charge >= 0.3 is 6.09 Å². The van der Waals surface area contributed by atoms with Crippen LogP contribution in [-0.2, 0) is 0 Å². The molecule has 1 aliphatic rings. The van der Waals surface area contributed by atoms with Crippen LogP contribution in [-0.4, -0.2) is 36.4 Å². The van der Waals surface area contributed by atoms with E-state index in [1.54, 1.807) is 43.6 Å². The molecule has 0 saturated carbocycles. The van der Waals surface area contributed by atoms with Crippen molar-refractivity contribution in [3.05, 3.63) is 84.1 Å². The predicted molar refractivity (Wildman–Crippen MR) is 144 cm³/mol. The number of amides is 1. The zero-order chi connectivity index (χ0) is 26.5. The van der Waals surface area contributed by atoms with Crippen LogP contribution >= 0.6 is 0 Å². The summed E-state index contributed by atoms with van der Waals surface area (Å²) < 4.78 is 22.7. The third-order valence-electron chi connectivity index (χ3n) is 5.98. The van der Waals surface area contributed by atoms with Gasteiger partial charge in [0.15, 0.2) is 11.5 Å². The number of aryl methyl sites for hydroxylation is 2. The van der Waals surface area contributed by atoms with Gasteiger partial charge in [-0.2, -0.15) is 4.98 Å². The molecular formula is C29H28N4O5. The summed E-state index contributed by atoms with van der Waals surface area (Å²) in [6.07, 6.45) is 1.80. The molecule has 1 aliphatic heterocycles. The largest absolute Gasteiger partial charge is 0.497 e. The maximum atomic E-state index is 13.6. The maximum Gasteiger partial charge on any atom is 0.425 e. The van der Waals surface area contributed by atoms with Crippen molar-refractivity contribution in [3.8, 4) is 23.0 Å². The Morgan fingerprint density at radius 3 is 2.42 bits per heavy atom. The van der Waals surface area contributed by atoms with Crippen molar-refractivity contribution in [2.75, 3.05) is 30.5 Å². The lowest BCUT2D eigenvalue weighted by molar-refractivity contribution is 0.209. The van der Waals surface area contributed by atoms with E-state index in [0.29, 0.717) is 53.7 Å². The van der Waals surface area contributed by atoms with E-state index in [1.165, 1.54) is 4.90 Å². The molecular weight excluding hydrogens is 484 g/mol. The molecule has 0 spiro atoms. The zero-order valence-electron chi connectivity index (χ0n) is 21.4. The van der Waals surface area contributed by atoms with E-state index in [9.17, 15) is 4.79 Å². The molecule has 1 N–H and O–H groups in total. The molecule has 0 saturated heterocycles. The third-order valence-corrected chi connectivity index (χ3v) is 5.98. The molecule has 38 heavy (non-hydrogen) atoms. The SMILES string of the molecule is COc1ccc(N(C(=O)Oc2c(C)cccc2C)c2ccnc(Nc3ccc4c(c3)OCCCO4)n2)cc1. The highest BCUT2D eigenvalue weighted by Crippen LogP contribution is 2.34. The Morgan fingerprint density at radius 1 is 0.947 bits per heavy atom. The molecule has 0 unspecified atom stereocenters. The van der Waals surface area contributed by atoms with Crippen LogP contribution in [0.25, 0.3) is 0 Å². The minimum Gasteiger partial charge on any atom is -0.497 e. The summed E-state index contributed by atoms with van der Waals surface area (Å²) in [6.45, 7) is 5.00. The number of aromatic nitrogens is 2. The molecule has 0 atom stereocenters. The first kappa shape index (κ1) is 24.9. The molecule has 5 rings (SSSR count). The third kappa shape index (κ3) is 5.46. The highest BCUT2D eigenvalue weighted by atomic mass is 16.6. The quantitative estimate of drug-likeness (QED) is 0.320. The number of fused-ring (bicyclic) bond motifs is 1. The minimum absolute atomic E-state index is 0.301. The summed E-state index contributed by atoms with van der Waals surface area (Å²) in [5, 5.41) is 3.19. The van der Waals surface area contributed by atoms with Crippen molar-refractivity contribution in [3.63, 3.8) is 0 Å². The van der Waals surface area contributed by atoms with E-state index in [-0.39, 0.29) is 0 Å². The van der Waals surface area contributed by atoms with Crippen LogP contribution in [0.1, 0.15) is 17.5 Å². The van der Waals surface area contributed by atoms with Crippen molar-refractivity contribution in [1.82, 2.24) is 9.97 Å². The number of ether oxygens (including phenoxy) is 4. The molecule has 2 heterocycles. The topological polar surface area (TPSA) is 95.0 Å². The number of hydrogen-bond acceptors (Lipinski definition) is 8. The Morgan fingerprint density at radius 2 is 1.68 bits per heavy atom. The molecule has 1 amide bonds. The Labute approximate surface area is 221 Å². The van der Waals surface area contributed by atoms with Gasteiger partial charge in [0.1, 0.15) is 17.3 Å². The van der Waals surface area contributed by atoms with Gasteiger partial charge in [0.25, 0.3) is 0 Å². The number of methoxy groups -OCH3 is 1. The van der Waals surface area contributed by atoms with Crippen LogP contribution in [0, 0.1) is 13.8 Å². The van der Waals surface area contributed by atoms with Crippen LogP contribution in [0.5, 0.6) is 23.0 Å². The van der Waals surface area contributed by atoms with E-state index in [2.05, 4.69) is 15.3 Å². The molecule has 0 aliphatic carbocycles. The second kappa shape index (κ2) is 11.1. The molecule has 194 valence electrons. The Kier molecular flexibility index (Phi) is 7.26. The fourth-order valence-corrected chi connectivity index (χ4v) is 4.06. The smallest absolute Gasteiger partial charge is 0.425 e. The average molecular weight is 513 g/mol. The predicted octanol–water partition coefficient (Wildman–Crippen LogP) is 6.34. The van der Waals surface area contributed by atoms with Gasteiger partial charge in [0.05, 0.1) is 26.0 Å². The van der Waals surface area contributed by atoms with Crippen LogP contribution in [0.15, 0.2) is 72.9 Å². The molecule has 0 fully saturated rings. The number of benzene rings is 3. The lowest BCUT2D eigenvalue weighted by atomic mass is 10.1. The Hall–Kier alpha value is -4.79. The first-order valence-electron chi connectivity index (χ1n) is 12.2. The molecule has 4 aromatic rings.